The van der Waals surface area contributed by atoms with Gasteiger partial charge in [0.05, 0.1) is 5.56 Å². The highest BCUT2D eigenvalue weighted by molar-refractivity contribution is 5.93. The zero-order valence-corrected chi connectivity index (χ0v) is 16.1. The maximum absolute atomic E-state index is 12.8. The summed E-state index contributed by atoms with van der Waals surface area (Å²) in [5.74, 6) is 0.501. The fourth-order valence-electron chi connectivity index (χ4n) is 3.62. The molecular weight excluding hydrogens is 350 g/mol. The van der Waals surface area contributed by atoms with E-state index in [-0.39, 0.29) is 5.91 Å². The van der Waals surface area contributed by atoms with Crippen LogP contribution >= 0.6 is 0 Å². The molecule has 0 saturated heterocycles. The topological polar surface area (TPSA) is 62.2 Å². The minimum atomic E-state index is -0.0648. The lowest BCUT2D eigenvalue weighted by Crippen LogP contribution is -2.46. The summed E-state index contributed by atoms with van der Waals surface area (Å²) < 4.78 is 0. The lowest BCUT2D eigenvalue weighted by molar-refractivity contribution is 0.0732. The fraction of sp³-hybridized carbons (Fsp3) is 0.273. The number of amides is 1. The third-order valence-corrected chi connectivity index (χ3v) is 5.27. The Labute approximate surface area is 164 Å². The molecule has 0 radical (unpaired) electrons. The number of hydrogen-bond acceptors (Lipinski definition) is 5. The van der Waals surface area contributed by atoms with Crippen LogP contribution in [0.3, 0.4) is 0 Å². The van der Waals surface area contributed by atoms with Gasteiger partial charge >= 0.3 is 0 Å². The third kappa shape index (κ3) is 3.77. The number of rotatable bonds is 4. The van der Waals surface area contributed by atoms with E-state index in [0.29, 0.717) is 24.0 Å². The van der Waals surface area contributed by atoms with E-state index in [4.69, 9.17) is 0 Å². The SMILES string of the molecule is CN(C[C@H]1Cc2ccccc2CN1C)C(=O)c1cnc(-c2cccnc2)nc1. The van der Waals surface area contributed by atoms with Gasteiger partial charge in [-0.05, 0) is 36.7 Å². The zero-order valence-electron chi connectivity index (χ0n) is 16.1. The largest absolute Gasteiger partial charge is 0.340 e. The number of carbonyl (C=O) groups is 1. The number of aromatic nitrogens is 3. The molecule has 0 saturated carbocycles. The highest BCUT2D eigenvalue weighted by atomic mass is 16.2. The zero-order chi connectivity index (χ0) is 19.5. The van der Waals surface area contributed by atoms with Crippen molar-refractivity contribution in [2.75, 3.05) is 20.6 Å². The second kappa shape index (κ2) is 7.86. The molecule has 142 valence electrons. The Morgan fingerprint density at radius 1 is 1.11 bits per heavy atom. The van der Waals surface area contributed by atoms with Gasteiger partial charge in [0.15, 0.2) is 5.82 Å². The molecular formula is C22H23N5O. The molecule has 1 aromatic carbocycles. The van der Waals surface area contributed by atoms with E-state index < -0.39 is 0 Å². The Kier molecular flexibility index (Phi) is 5.12. The molecule has 1 atom stereocenters. The number of hydrogen-bond donors (Lipinski definition) is 0. The molecule has 0 fully saturated rings. The number of benzene rings is 1. The first-order valence-electron chi connectivity index (χ1n) is 9.37. The molecule has 3 heterocycles. The Morgan fingerprint density at radius 3 is 2.57 bits per heavy atom. The van der Waals surface area contributed by atoms with E-state index in [0.717, 1.165) is 18.5 Å². The highest BCUT2D eigenvalue weighted by Gasteiger charge is 2.26. The Morgan fingerprint density at radius 2 is 1.86 bits per heavy atom. The van der Waals surface area contributed by atoms with Crippen LogP contribution in [-0.4, -0.2) is 57.3 Å². The van der Waals surface area contributed by atoms with Gasteiger partial charge in [-0.1, -0.05) is 24.3 Å². The van der Waals surface area contributed by atoms with Gasteiger partial charge in [-0.25, -0.2) is 9.97 Å². The summed E-state index contributed by atoms with van der Waals surface area (Å²) in [4.78, 5) is 29.7. The lowest BCUT2D eigenvalue weighted by Gasteiger charge is -2.36. The number of carbonyl (C=O) groups excluding carboxylic acids is 1. The first-order valence-corrected chi connectivity index (χ1v) is 9.37. The fourth-order valence-corrected chi connectivity index (χ4v) is 3.62. The van der Waals surface area contributed by atoms with Crippen LogP contribution in [0.5, 0.6) is 0 Å². The summed E-state index contributed by atoms with van der Waals surface area (Å²) in [6, 6.07) is 12.5. The van der Waals surface area contributed by atoms with Gasteiger partial charge in [0.1, 0.15) is 0 Å². The van der Waals surface area contributed by atoms with Crippen molar-refractivity contribution >= 4 is 5.91 Å². The molecule has 0 N–H and O–H groups in total. The van der Waals surface area contributed by atoms with E-state index in [1.54, 1.807) is 29.7 Å². The normalized spacial score (nSPS) is 16.4. The molecule has 1 aliphatic heterocycles. The lowest BCUT2D eigenvalue weighted by atomic mass is 9.94. The summed E-state index contributed by atoms with van der Waals surface area (Å²) >= 11 is 0. The van der Waals surface area contributed by atoms with Crippen molar-refractivity contribution in [1.29, 1.82) is 0 Å². The van der Waals surface area contributed by atoms with Crippen LogP contribution < -0.4 is 0 Å². The Hall–Kier alpha value is -3.12. The number of likely N-dealkylation sites (N-methyl/N-ethyl adjacent to an activating group) is 2. The molecule has 6 nitrogen and oxygen atoms in total. The van der Waals surface area contributed by atoms with Crippen molar-refractivity contribution in [2.45, 2.75) is 19.0 Å². The predicted molar refractivity (Wildman–Crippen MR) is 108 cm³/mol. The second-order valence-corrected chi connectivity index (χ2v) is 7.26. The standard InChI is InChI=1S/C22H23N5O/c1-26-14-18-7-4-3-6-16(18)10-20(26)15-27(2)22(28)19-12-24-21(25-13-19)17-8-5-9-23-11-17/h3-9,11-13,20H,10,14-15H2,1-2H3/t20-/m1/s1. The van der Waals surface area contributed by atoms with Crippen molar-refractivity contribution in [3.63, 3.8) is 0 Å². The quantitative estimate of drug-likeness (QED) is 0.704. The summed E-state index contributed by atoms with van der Waals surface area (Å²) in [5, 5.41) is 0. The van der Waals surface area contributed by atoms with Gasteiger partial charge in [0.25, 0.3) is 5.91 Å². The molecule has 0 aliphatic carbocycles. The van der Waals surface area contributed by atoms with Crippen LogP contribution in [0.25, 0.3) is 11.4 Å². The van der Waals surface area contributed by atoms with Gasteiger partial charge in [-0.15, -0.1) is 0 Å². The van der Waals surface area contributed by atoms with E-state index in [1.165, 1.54) is 11.1 Å². The molecule has 4 rings (SSSR count). The van der Waals surface area contributed by atoms with Crippen molar-refractivity contribution in [3.8, 4) is 11.4 Å². The highest BCUT2D eigenvalue weighted by Crippen LogP contribution is 2.22. The molecule has 0 bridgehead atoms. The Bertz CT molecular complexity index is 958. The second-order valence-electron chi connectivity index (χ2n) is 7.26. The monoisotopic (exact) mass is 373 g/mol. The molecule has 3 aromatic rings. The average molecular weight is 373 g/mol. The molecule has 2 aromatic heterocycles. The first-order chi connectivity index (χ1) is 13.6. The average Bonchev–Trinajstić information content (AvgIpc) is 2.74. The predicted octanol–water partition coefficient (Wildman–Crippen LogP) is 2.67. The van der Waals surface area contributed by atoms with Crippen LogP contribution in [0.4, 0.5) is 0 Å². The number of pyridine rings is 1. The van der Waals surface area contributed by atoms with E-state index in [1.807, 2.05) is 19.2 Å². The minimum absolute atomic E-state index is 0.0648. The maximum atomic E-state index is 12.8. The van der Waals surface area contributed by atoms with Gasteiger partial charge in [-0.2, -0.15) is 0 Å². The van der Waals surface area contributed by atoms with E-state index in [2.05, 4.69) is 51.2 Å². The van der Waals surface area contributed by atoms with Crippen LogP contribution in [0.2, 0.25) is 0 Å². The van der Waals surface area contributed by atoms with Crippen molar-refractivity contribution in [2.24, 2.45) is 0 Å². The van der Waals surface area contributed by atoms with Gasteiger partial charge in [0.2, 0.25) is 0 Å². The van der Waals surface area contributed by atoms with Crippen LogP contribution in [-0.2, 0) is 13.0 Å². The van der Waals surface area contributed by atoms with Crippen molar-refractivity contribution < 1.29 is 4.79 Å². The summed E-state index contributed by atoms with van der Waals surface area (Å²) in [5.41, 5.74) is 4.07. The maximum Gasteiger partial charge on any atom is 0.256 e. The van der Waals surface area contributed by atoms with Gasteiger partial charge in [0, 0.05) is 56.5 Å². The molecule has 6 heteroatoms. The molecule has 0 spiro atoms. The Balaban J connectivity index is 1.44. The molecule has 1 aliphatic rings. The van der Waals surface area contributed by atoms with Crippen LogP contribution in [0.15, 0.2) is 61.2 Å². The summed E-state index contributed by atoms with van der Waals surface area (Å²) in [6.45, 7) is 1.57. The van der Waals surface area contributed by atoms with Gasteiger partial charge < -0.3 is 4.90 Å². The molecule has 0 unspecified atom stereocenters. The minimum Gasteiger partial charge on any atom is -0.340 e. The van der Waals surface area contributed by atoms with Gasteiger partial charge in [-0.3, -0.25) is 14.7 Å². The third-order valence-electron chi connectivity index (χ3n) is 5.27. The van der Waals surface area contributed by atoms with Crippen LogP contribution in [0, 0.1) is 0 Å². The molecule has 1 amide bonds. The van der Waals surface area contributed by atoms with Crippen molar-refractivity contribution in [1.82, 2.24) is 24.8 Å². The number of nitrogens with zero attached hydrogens (tertiary/aromatic N) is 5. The smallest absolute Gasteiger partial charge is 0.256 e. The summed E-state index contributed by atoms with van der Waals surface area (Å²) in [6.07, 6.45) is 7.54. The summed E-state index contributed by atoms with van der Waals surface area (Å²) in [7, 11) is 3.95. The van der Waals surface area contributed by atoms with Crippen LogP contribution in [0.1, 0.15) is 21.5 Å². The van der Waals surface area contributed by atoms with E-state index >= 15 is 0 Å². The van der Waals surface area contributed by atoms with E-state index in [9.17, 15) is 4.79 Å². The first kappa shape index (κ1) is 18.3. The van der Waals surface area contributed by atoms with Crippen molar-refractivity contribution in [3.05, 3.63) is 77.9 Å². The number of fused-ring (bicyclic) bond motifs is 1. The molecule has 28 heavy (non-hydrogen) atoms.